The molecule has 0 bridgehead atoms. The molecule has 3 rings (SSSR count). The fourth-order valence-corrected chi connectivity index (χ4v) is 2.59. The Kier molecular flexibility index (Phi) is 3.31. The van der Waals surface area contributed by atoms with Gasteiger partial charge in [0.05, 0.1) is 28.3 Å². The third-order valence-corrected chi connectivity index (χ3v) is 3.69. The van der Waals surface area contributed by atoms with E-state index in [-0.39, 0.29) is 5.02 Å². The summed E-state index contributed by atoms with van der Waals surface area (Å²) in [5.41, 5.74) is 3.20. The van der Waals surface area contributed by atoms with Crippen molar-refractivity contribution >= 4 is 34.9 Å². The quantitative estimate of drug-likeness (QED) is 0.718. The Bertz CT molecular complexity index is 853. The maximum Gasteiger partial charge on any atom is 0.178 e. The number of aromatic amines is 1. The van der Waals surface area contributed by atoms with Crippen molar-refractivity contribution in [1.29, 1.82) is 0 Å². The zero-order valence-corrected chi connectivity index (χ0v) is 12.2. The van der Waals surface area contributed by atoms with Gasteiger partial charge >= 0.3 is 0 Å². The number of rotatable bonds is 2. The first-order valence-electron chi connectivity index (χ1n) is 6.05. The van der Waals surface area contributed by atoms with E-state index in [1.807, 2.05) is 29.7 Å². The SMILES string of the molecule is Cc1cccc(Cn2c(=S)[nH]c3cc(Cl)c(F)cc32)n1. The van der Waals surface area contributed by atoms with Crippen molar-refractivity contribution in [2.45, 2.75) is 13.5 Å². The van der Waals surface area contributed by atoms with Gasteiger partial charge in [0.25, 0.3) is 0 Å². The summed E-state index contributed by atoms with van der Waals surface area (Å²) in [5, 5.41) is 0.0783. The van der Waals surface area contributed by atoms with Crippen LogP contribution in [0.3, 0.4) is 0 Å². The van der Waals surface area contributed by atoms with Gasteiger partial charge in [0.2, 0.25) is 0 Å². The molecule has 0 atom stereocenters. The highest BCUT2D eigenvalue weighted by Gasteiger charge is 2.10. The highest BCUT2D eigenvalue weighted by atomic mass is 35.5. The second-order valence-corrected chi connectivity index (χ2v) is 5.36. The maximum absolute atomic E-state index is 13.6. The summed E-state index contributed by atoms with van der Waals surface area (Å²) in [6.07, 6.45) is 0. The Labute approximate surface area is 125 Å². The van der Waals surface area contributed by atoms with Crippen molar-refractivity contribution < 1.29 is 4.39 Å². The summed E-state index contributed by atoms with van der Waals surface area (Å²) >= 11 is 11.1. The van der Waals surface area contributed by atoms with E-state index in [4.69, 9.17) is 23.8 Å². The lowest BCUT2D eigenvalue weighted by molar-refractivity contribution is 0.628. The monoisotopic (exact) mass is 307 g/mol. The van der Waals surface area contributed by atoms with Crippen molar-refractivity contribution in [3.8, 4) is 0 Å². The minimum absolute atomic E-state index is 0.0783. The van der Waals surface area contributed by atoms with Gasteiger partial charge in [-0.05, 0) is 37.3 Å². The Hall–Kier alpha value is -1.72. The van der Waals surface area contributed by atoms with E-state index >= 15 is 0 Å². The van der Waals surface area contributed by atoms with Gasteiger partial charge in [-0.1, -0.05) is 17.7 Å². The van der Waals surface area contributed by atoms with Gasteiger partial charge in [0.1, 0.15) is 5.82 Å². The highest BCUT2D eigenvalue weighted by Crippen LogP contribution is 2.23. The van der Waals surface area contributed by atoms with E-state index in [0.29, 0.717) is 22.3 Å². The molecule has 6 heteroatoms. The summed E-state index contributed by atoms with van der Waals surface area (Å²) < 4.78 is 16.0. The zero-order chi connectivity index (χ0) is 14.3. The number of H-pyrrole nitrogens is 1. The number of hydrogen-bond acceptors (Lipinski definition) is 2. The maximum atomic E-state index is 13.6. The molecule has 1 N–H and O–H groups in total. The average Bonchev–Trinajstić information content (AvgIpc) is 2.67. The Balaban J connectivity index is 2.14. The smallest absolute Gasteiger partial charge is 0.178 e. The summed E-state index contributed by atoms with van der Waals surface area (Å²) in [5.74, 6) is -0.459. The van der Waals surface area contributed by atoms with Crippen LogP contribution in [0.5, 0.6) is 0 Å². The normalized spacial score (nSPS) is 11.2. The average molecular weight is 308 g/mol. The van der Waals surface area contributed by atoms with Crippen molar-refractivity contribution in [2.75, 3.05) is 0 Å². The molecule has 0 saturated heterocycles. The number of fused-ring (bicyclic) bond motifs is 1. The summed E-state index contributed by atoms with van der Waals surface area (Å²) in [6, 6.07) is 8.72. The van der Waals surface area contributed by atoms with Crippen molar-refractivity contribution in [3.63, 3.8) is 0 Å². The van der Waals surface area contributed by atoms with Crippen LogP contribution < -0.4 is 0 Å². The molecule has 0 saturated carbocycles. The molecule has 0 fully saturated rings. The van der Waals surface area contributed by atoms with Crippen LogP contribution in [-0.4, -0.2) is 14.5 Å². The molecule has 102 valence electrons. The van der Waals surface area contributed by atoms with Gasteiger partial charge in [-0.3, -0.25) is 4.98 Å². The number of halogens is 2. The molecule has 3 aromatic rings. The van der Waals surface area contributed by atoms with E-state index in [1.54, 1.807) is 6.07 Å². The van der Waals surface area contributed by atoms with Crippen LogP contribution in [0.2, 0.25) is 5.02 Å². The molecule has 0 aliphatic heterocycles. The van der Waals surface area contributed by atoms with Gasteiger partial charge in [-0.2, -0.15) is 0 Å². The lowest BCUT2D eigenvalue weighted by atomic mass is 10.3. The van der Waals surface area contributed by atoms with Crippen LogP contribution >= 0.6 is 23.8 Å². The molecule has 3 nitrogen and oxygen atoms in total. The number of imidazole rings is 1. The minimum atomic E-state index is -0.459. The molecular weight excluding hydrogens is 297 g/mol. The molecule has 0 aliphatic carbocycles. The van der Waals surface area contributed by atoms with E-state index in [1.165, 1.54) is 6.07 Å². The van der Waals surface area contributed by atoms with Crippen LogP contribution in [0, 0.1) is 17.5 Å². The number of benzene rings is 1. The van der Waals surface area contributed by atoms with Crippen LogP contribution in [-0.2, 0) is 6.54 Å². The fourth-order valence-electron chi connectivity index (χ4n) is 2.16. The minimum Gasteiger partial charge on any atom is -0.331 e. The van der Waals surface area contributed by atoms with Gasteiger partial charge in [-0.15, -0.1) is 0 Å². The van der Waals surface area contributed by atoms with Crippen LogP contribution in [0.25, 0.3) is 11.0 Å². The van der Waals surface area contributed by atoms with Crippen LogP contribution in [0.1, 0.15) is 11.4 Å². The molecule has 0 unspecified atom stereocenters. The summed E-state index contributed by atoms with van der Waals surface area (Å²) in [6.45, 7) is 2.42. The second-order valence-electron chi connectivity index (χ2n) is 4.57. The number of nitrogens with one attached hydrogen (secondary N) is 1. The Morgan fingerprint density at radius 2 is 2.20 bits per heavy atom. The van der Waals surface area contributed by atoms with E-state index in [2.05, 4.69) is 9.97 Å². The molecule has 0 spiro atoms. The first-order valence-corrected chi connectivity index (χ1v) is 6.83. The van der Waals surface area contributed by atoms with Gasteiger partial charge in [0.15, 0.2) is 4.77 Å². The predicted molar refractivity (Wildman–Crippen MR) is 80.2 cm³/mol. The molecule has 2 heterocycles. The summed E-state index contributed by atoms with van der Waals surface area (Å²) in [4.78, 5) is 7.46. The molecule has 0 amide bonds. The Morgan fingerprint density at radius 1 is 1.40 bits per heavy atom. The molecule has 1 aromatic carbocycles. The predicted octanol–water partition coefficient (Wildman–Crippen LogP) is 4.24. The Morgan fingerprint density at radius 3 is 2.95 bits per heavy atom. The van der Waals surface area contributed by atoms with Crippen molar-refractivity contribution in [1.82, 2.24) is 14.5 Å². The zero-order valence-electron chi connectivity index (χ0n) is 10.7. The lowest BCUT2D eigenvalue weighted by Crippen LogP contribution is -2.02. The standard InChI is InChI=1S/C14H11ClFN3S/c1-8-3-2-4-9(17-8)7-19-13-6-11(16)10(15)5-12(13)18-14(19)20/h2-6H,7H2,1H3,(H,18,20). The summed E-state index contributed by atoms with van der Waals surface area (Å²) in [7, 11) is 0. The highest BCUT2D eigenvalue weighted by molar-refractivity contribution is 7.71. The van der Waals surface area contributed by atoms with E-state index in [0.717, 1.165) is 11.4 Å². The van der Waals surface area contributed by atoms with Crippen LogP contribution in [0.4, 0.5) is 4.39 Å². The largest absolute Gasteiger partial charge is 0.331 e. The van der Waals surface area contributed by atoms with Crippen molar-refractivity contribution in [3.05, 3.63) is 57.3 Å². The molecular formula is C14H11ClFN3S. The van der Waals surface area contributed by atoms with Gasteiger partial charge in [-0.25, -0.2) is 4.39 Å². The number of hydrogen-bond donors (Lipinski definition) is 1. The van der Waals surface area contributed by atoms with E-state index < -0.39 is 5.82 Å². The molecule has 2 aromatic heterocycles. The first-order chi connectivity index (χ1) is 9.54. The third kappa shape index (κ3) is 2.34. The number of aryl methyl sites for hydroxylation is 1. The molecule has 20 heavy (non-hydrogen) atoms. The number of nitrogens with zero attached hydrogens (tertiary/aromatic N) is 2. The lowest BCUT2D eigenvalue weighted by Gasteiger charge is -2.05. The third-order valence-electron chi connectivity index (χ3n) is 3.08. The van der Waals surface area contributed by atoms with Gasteiger partial charge < -0.3 is 9.55 Å². The number of aromatic nitrogens is 3. The second kappa shape index (κ2) is 5.00. The van der Waals surface area contributed by atoms with Crippen LogP contribution in [0.15, 0.2) is 30.3 Å². The molecule has 0 radical (unpaired) electrons. The topological polar surface area (TPSA) is 33.6 Å². The van der Waals surface area contributed by atoms with Crippen molar-refractivity contribution in [2.24, 2.45) is 0 Å². The number of pyridine rings is 1. The first kappa shape index (κ1) is 13.3. The fraction of sp³-hybridized carbons (Fsp3) is 0.143. The van der Waals surface area contributed by atoms with E-state index in [9.17, 15) is 4.39 Å². The molecule has 0 aliphatic rings. The van der Waals surface area contributed by atoms with Gasteiger partial charge in [0, 0.05) is 11.8 Å².